The third-order valence-electron chi connectivity index (χ3n) is 4.54. The highest BCUT2D eigenvalue weighted by atomic mass is 19.4. The first kappa shape index (κ1) is 16.5. The normalized spacial score (nSPS) is 16.0. The Morgan fingerprint density at radius 1 is 1.19 bits per heavy atom. The number of carbonyl (C=O) groups is 1. The Bertz CT molecular complexity index is 978. The maximum absolute atomic E-state index is 12.3. The van der Waals surface area contributed by atoms with Gasteiger partial charge in [-0.3, -0.25) is 4.79 Å². The fourth-order valence-corrected chi connectivity index (χ4v) is 3.28. The third kappa shape index (κ3) is 3.24. The van der Waals surface area contributed by atoms with Crippen molar-refractivity contribution in [1.82, 2.24) is 10.3 Å². The van der Waals surface area contributed by atoms with Gasteiger partial charge >= 0.3 is 6.36 Å². The zero-order chi connectivity index (χ0) is 18.3. The summed E-state index contributed by atoms with van der Waals surface area (Å²) in [6, 6.07) is 13.6. The lowest BCUT2D eigenvalue weighted by Crippen LogP contribution is -2.33. The smallest absolute Gasteiger partial charge is 0.406 e. The van der Waals surface area contributed by atoms with Gasteiger partial charge < -0.3 is 15.0 Å². The van der Waals surface area contributed by atoms with E-state index in [4.69, 9.17) is 0 Å². The van der Waals surface area contributed by atoms with Gasteiger partial charge in [0.25, 0.3) is 5.91 Å². The number of halogens is 3. The van der Waals surface area contributed by atoms with E-state index in [0.29, 0.717) is 29.1 Å². The Balaban J connectivity index is 1.44. The predicted molar refractivity (Wildman–Crippen MR) is 90.2 cm³/mol. The van der Waals surface area contributed by atoms with Crippen LogP contribution in [0.25, 0.3) is 10.9 Å². The quantitative estimate of drug-likeness (QED) is 0.735. The number of hydrogen-bond donors (Lipinski definition) is 2. The van der Waals surface area contributed by atoms with Crippen molar-refractivity contribution in [3.05, 3.63) is 65.4 Å². The van der Waals surface area contributed by atoms with Crippen LogP contribution < -0.4 is 10.1 Å². The van der Waals surface area contributed by atoms with Crippen LogP contribution in [0, 0.1) is 0 Å². The minimum absolute atomic E-state index is 0.288. The van der Waals surface area contributed by atoms with Gasteiger partial charge in [0, 0.05) is 29.4 Å². The largest absolute Gasteiger partial charge is 0.573 e. The molecule has 1 heterocycles. The molecule has 0 fully saturated rings. The van der Waals surface area contributed by atoms with E-state index in [2.05, 4.69) is 27.2 Å². The molecule has 1 atom stereocenters. The van der Waals surface area contributed by atoms with Crippen LogP contribution in [0.1, 0.15) is 27.5 Å². The fourth-order valence-electron chi connectivity index (χ4n) is 3.28. The summed E-state index contributed by atoms with van der Waals surface area (Å²) < 4.78 is 40.8. The Morgan fingerprint density at radius 2 is 2.00 bits per heavy atom. The molecule has 0 saturated carbocycles. The van der Waals surface area contributed by atoms with Gasteiger partial charge in [0.2, 0.25) is 0 Å². The number of carbonyl (C=O) groups excluding carboxylic acids is 1. The molecule has 0 radical (unpaired) electrons. The maximum atomic E-state index is 12.3. The number of ether oxygens (including phenoxy) is 1. The van der Waals surface area contributed by atoms with Gasteiger partial charge in [0.05, 0.1) is 0 Å². The highest BCUT2D eigenvalue weighted by Gasteiger charge is 2.31. The van der Waals surface area contributed by atoms with Crippen LogP contribution >= 0.6 is 0 Å². The summed E-state index contributed by atoms with van der Waals surface area (Å²) in [7, 11) is 0. The molecule has 1 amide bonds. The molecule has 1 aliphatic carbocycles. The highest BCUT2D eigenvalue weighted by Crippen LogP contribution is 2.34. The van der Waals surface area contributed by atoms with Gasteiger partial charge in [-0.1, -0.05) is 24.3 Å². The molecule has 2 N–H and O–H groups in total. The average molecular weight is 360 g/mol. The van der Waals surface area contributed by atoms with Crippen LogP contribution in [-0.2, 0) is 6.42 Å². The molecule has 1 aliphatic rings. The lowest BCUT2D eigenvalue weighted by Gasteiger charge is -2.30. The topological polar surface area (TPSA) is 54.1 Å². The molecule has 26 heavy (non-hydrogen) atoms. The molecule has 134 valence electrons. The fraction of sp³-hybridized carbons (Fsp3) is 0.211. The van der Waals surface area contributed by atoms with Gasteiger partial charge in [-0.2, -0.15) is 0 Å². The molecule has 1 aromatic heterocycles. The summed E-state index contributed by atoms with van der Waals surface area (Å²) >= 11 is 0. The number of nitrogens with one attached hydrogen (secondary N) is 2. The Morgan fingerprint density at radius 3 is 2.77 bits per heavy atom. The molecular weight excluding hydrogens is 345 g/mol. The van der Waals surface area contributed by atoms with Crippen LogP contribution in [0.2, 0.25) is 0 Å². The monoisotopic (exact) mass is 360 g/mol. The lowest BCUT2D eigenvalue weighted by molar-refractivity contribution is -0.274. The molecule has 0 bridgehead atoms. The van der Waals surface area contributed by atoms with E-state index in [1.165, 1.54) is 29.3 Å². The first-order valence-corrected chi connectivity index (χ1v) is 8.13. The number of alkyl halides is 3. The molecule has 0 spiro atoms. The van der Waals surface area contributed by atoms with E-state index in [9.17, 15) is 18.0 Å². The van der Waals surface area contributed by atoms with Crippen molar-refractivity contribution in [2.75, 3.05) is 6.54 Å². The minimum atomic E-state index is -4.75. The Hall–Kier alpha value is -2.96. The number of benzene rings is 2. The van der Waals surface area contributed by atoms with Gasteiger partial charge in [0.1, 0.15) is 11.4 Å². The van der Waals surface area contributed by atoms with E-state index < -0.39 is 6.36 Å². The van der Waals surface area contributed by atoms with Crippen molar-refractivity contribution >= 4 is 16.8 Å². The van der Waals surface area contributed by atoms with Gasteiger partial charge in [-0.25, -0.2) is 0 Å². The number of aromatic amines is 1. The average Bonchev–Trinajstić information content (AvgIpc) is 2.97. The minimum Gasteiger partial charge on any atom is -0.406 e. The number of rotatable bonds is 4. The van der Waals surface area contributed by atoms with Crippen LogP contribution in [-0.4, -0.2) is 23.8 Å². The molecule has 0 aliphatic heterocycles. The first-order valence-electron chi connectivity index (χ1n) is 8.13. The standard InChI is InChI=1S/C19H15F3N2O2/c20-19(21,22)26-14-6-5-12-8-17(24-16(12)9-14)18(25)23-10-13-7-11-3-1-2-4-15(11)13/h1-6,8-9,13,24H,7,10H2,(H,23,25)/t13-/m1/s1. The van der Waals surface area contributed by atoms with E-state index in [0.717, 1.165) is 6.42 Å². The molecule has 4 nitrogen and oxygen atoms in total. The Labute approximate surface area is 147 Å². The molecule has 0 saturated heterocycles. The zero-order valence-electron chi connectivity index (χ0n) is 13.6. The number of H-pyrrole nitrogens is 1. The van der Waals surface area contributed by atoms with Crippen molar-refractivity contribution in [1.29, 1.82) is 0 Å². The van der Waals surface area contributed by atoms with Crippen LogP contribution in [0.5, 0.6) is 5.75 Å². The summed E-state index contributed by atoms with van der Waals surface area (Å²) in [5.41, 5.74) is 3.26. The Kier molecular flexibility index (Phi) is 3.86. The van der Waals surface area contributed by atoms with Crippen LogP contribution in [0.4, 0.5) is 13.2 Å². The van der Waals surface area contributed by atoms with Crippen molar-refractivity contribution in [2.24, 2.45) is 0 Å². The maximum Gasteiger partial charge on any atom is 0.573 e. The number of hydrogen-bond acceptors (Lipinski definition) is 2. The van der Waals surface area contributed by atoms with Crippen LogP contribution in [0.3, 0.4) is 0 Å². The summed E-state index contributed by atoms with van der Waals surface area (Å²) in [4.78, 5) is 15.2. The van der Waals surface area contributed by atoms with E-state index >= 15 is 0 Å². The highest BCUT2D eigenvalue weighted by molar-refractivity contribution is 5.98. The van der Waals surface area contributed by atoms with E-state index in [1.54, 1.807) is 6.07 Å². The molecule has 4 rings (SSSR count). The third-order valence-corrected chi connectivity index (χ3v) is 4.54. The zero-order valence-corrected chi connectivity index (χ0v) is 13.6. The lowest BCUT2D eigenvalue weighted by atomic mass is 9.77. The number of aromatic nitrogens is 1. The predicted octanol–water partition coefficient (Wildman–Crippen LogP) is 4.14. The van der Waals surface area contributed by atoms with Crippen molar-refractivity contribution in [2.45, 2.75) is 18.7 Å². The molecular formula is C19H15F3N2O2. The summed E-state index contributed by atoms with van der Waals surface area (Å²) in [6.45, 7) is 0.521. The molecule has 7 heteroatoms. The van der Waals surface area contributed by atoms with Gasteiger partial charge in [0.15, 0.2) is 0 Å². The summed E-state index contributed by atoms with van der Waals surface area (Å²) in [6.07, 6.45) is -3.82. The number of fused-ring (bicyclic) bond motifs is 2. The molecule has 2 aromatic carbocycles. The van der Waals surface area contributed by atoms with Crippen molar-refractivity contribution < 1.29 is 22.7 Å². The van der Waals surface area contributed by atoms with Crippen molar-refractivity contribution in [3.63, 3.8) is 0 Å². The summed E-state index contributed by atoms with van der Waals surface area (Å²) in [5.74, 6) is -0.319. The van der Waals surface area contributed by atoms with Crippen LogP contribution in [0.15, 0.2) is 48.5 Å². The first-order chi connectivity index (χ1) is 12.4. The number of amides is 1. The second-order valence-electron chi connectivity index (χ2n) is 6.29. The molecule has 3 aromatic rings. The van der Waals surface area contributed by atoms with E-state index in [1.807, 2.05) is 12.1 Å². The van der Waals surface area contributed by atoms with E-state index in [-0.39, 0.29) is 11.7 Å². The van der Waals surface area contributed by atoms with Crippen molar-refractivity contribution in [3.8, 4) is 5.75 Å². The van der Waals surface area contributed by atoms with Gasteiger partial charge in [-0.05, 0) is 35.7 Å². The van der Waals surface area contributed by atoms with Gasteiger partial charge in [-0.15, -0.1) is 13.2 Å². The second-order valence-corrected chi connectivity index (χ2v) is 6.29. The summed E-state index contributed by atoms with van der Waals surface area (Å²) in [5, 5.41) is 3.51. The molecule has 0 unspecified atom stereocenters. The SMILES string of the molecule is O=C(NC[C@H]1Cc2ccccc21)c1cc2ccc(OC(F)(F)F)cc2[nH]1. The second kappa shape index (κ2) is 6.09.